The summed E-state index contributed by atoms with van der Waals surface area (Å²) in [6, 6.07) is 9.87. The van der Waals surface area contributed by atoms with Crippen molar-refractivity contribution in [3.05, 3.63) is 87.3 Å². The summed E-state index contributed by atoms with van der Waals surface area (Å²) >= 11 is 12.3. The lowest BCUT2D eigenvalue weighted by atomic mass is 9.51. The number of aromatic hydroxyl groups is 1. The molecule has 16 heteroatoms. The lowest BCUT2D eigenvalue weighted by Crippen LogP contribution is -2.49. The van der Waals surface area contributed by atoms with Gasteiger partial charge >= 0.3 is 6.18 Å². The minimum absolute atomic E-state index is 0.0117. The van der Waals surface area contributed by atoms with Gasteiger partial charge in [0.15, 0.2) is 17.3 Å². The van der Waals surface area contributed by atoms with E-state index in [0.29, 0.717) is 11.6 Å². The molecular weight excluding hydrogens is 731 g/mol. The number of rotatable bonds is 6. The van der Waals surface area contributed by atoms with Crippen LogP contribution in [0.2, 0.25) is 10.0 Å². The number of carbonyl (C=O) groups excluding carboxylic acids is 4. The number of hydrazine groups is 1. The van der Waals surface area contributed by atoms with Crippen molar-refractivity contribution in [2.75, 3.05) is 23.6 Å². The number of allylic oxidation sites excluding steroid dienone is 2. The van der Waals surface area contributed by atoms with Crippen molar-refractivity contribution in [1.82, 2.24) is 9.99 Å². The number of imide groups is 2. The number of halogens is 6. The zero-order valence-corrected chi connectivity index (χ0v) is 29.3. The first-order chi connectivity index (χ1) is 24.5. The van der Waals surface area contributed by atoms with Crippen molar-refractivity contribution in [3.63, 3.8) is 0 Å². The second-order valence-corrected chi connectivity index (χ2v) is 14.2. The Labute approximate surface area is 304 Å². The molecule has 4 amide bonds. The Morgan fingerprint density at radius 2 is 1.75 bits per heavy atom. The van der Waals surface area contributed by atoms with E-state index in [-0.39, 0.29) is 52.2 Å². The Morgan fingerprint density at radius 3 is 2.42 bits per heavy atom. The van der Waals surface area contributed by atoms with E-state index in [1.165, 1.54) is 13.1 Å². The predicted octanol–water partition coefficient (Wildman–Crippen LogP) is 6.93. The highest BCUT2D eigenvalue weighted by atomic mass is 35.5. The van der Waals surface area contributed by atoms with Crippen LogP contribution in [-0.2, 0) is 25.4 Å². The lowest BCUT2D eigenvalue weighted by Gasteiger charge is -2.49. The molecule has 1 N–H and O–H groups in total. The quantitative estimate of drug-likeness (QED) is 0.163. The smallest absolute Gasteiger partial charge is 0.433 e. The van der Waals surface area contributed by atoms with Crippen molar-refractivity contribution in [2.24, 2.45) is 29.1 Å². The van der Waals surface area contributed by atoms with Crippen molar-refractivity contribution in [1.29, 1.82) is 0 Å². The number of alkyl halides is 3. The van der Waals surface area contributed by atoms with Gasteiger partial charge < -0.3 is 9.84 Å². The first-order valence-electron chi connectivity index (χ1n) is 16.4. The minimum atomic E-state index is -4.83. The second kappa shape index (κ2) is 12.5. The normalized spacial score (nSPS) is 27.0. The molecule has 4 aliphatic rings. The molecule has 2 aliphatic heterocycles. The number of anilines is 2. The average molecular weight is 762 g/mol. The Balaban J connectivity index is 1.35. The Hall–Kier alpha value is -4.69. The standard InChI is InChI=1S/C36H30Cl2F4N4O6/c1-4-52-25-7-5-6-19(29(25)47)28-17-9-10-18-27(33(50)46(31(18)48)44(3)30-22(37)11-13-26(43-30)36(40,41)42)20(17)15-21-32(49)45(34(51)35(21,28)2)16-8-12-24(39)23(38)14-16/h5-9,11-14,18,20-21,27-28,47H,4,10,15H2,1-3H3/t18-,20+,21-,27-,28+,35+/m0/s1. The molecule has 2 aliphatic carbocycles. The van der Waals surface area contributed by atoms with Crippen molar-refractivity contribution < 1.29 is 46.6 Å². The van der Waals surface area contributed by atoms with Gasteiger partial charge in [0.05, 0.1) is 45.5 Å². The first kappa shape index (κ1) is 35.7. The van der Waals surface area contributed by atoms with E-state index in [1.54, 1.807) is 38.1 Å². The number of phenolic OH excluding ortho intramolecular Hbond substituents is 1. The van der Waals surface area contributed by atoms with Crippen molar-refractivity contribution in [2.45, 2.75) is 38.8 Å². The average Bonchev–Trinajstić information content (AvgIpc) is 3.46. The van der Waals surface area contributed by atoms with Gasteiger partial charge in [0.1, 0.15) is 11.5 Å². The third kappa shape index (κ3) is 5.16. The van der Waals surface area contributed by atoms with Crippen LogP contribution < -0.4 is 14.6 Å². The zero-order chi connectivity index (χ0) is 37.6. The van der Waals surface area contributed by atoms with E-state index in [0.717, 1.165) is 33.1 Å². The molecule has 272 valence electrons. The van der Waals surface area contributed by atoms with E-state index in [4.69, 9.17) is 27.9 Å². The third-order valence-corrected chi connectivity index (χ3v) is 11.4. The second-order valence-electron chi connectivity index (χ2n) is 13.4. The van der Waals surface area contributed by atoms with Crippen LogP contribution in [0.25, 0.3) is 0 Å². The van der Waals surface area contributed by atoms with E-state index in [1.807, 2.05) is 0 Å². The number of carbonyl (C=O) groups is 4. The van der Waals surface area contributed by atoms with Crippen LogP contribution in [0.3, 0.4) is 0 Å². The molecule has 0 bridgehead atoms. The van der Waals surface area contributed by atoms with E-state index >= 15 is 0 Å². The number of benzene rings is 2. The fraction of sp³-hybridized carbons (Fsp3) is 0.361. The molecule has 10 nitrogen and oxygen atoms in total. The predicted molar refractivity (Wildman–Crippen MR) is 180 cm³/mol. The first-order valence-corrected chi connectivity index (χ1v) is 17.1. The summed E-state index contributed by atoms with van der Waals surface area (Å²) in [5, 5.41) is 12.6. The summed E-state index contributed by atoms with van der Waals surface area (Å²) in [7, 11) is 1.21. The fourth-order valence-electron chi connectivity index (χ4n) is 8.46. The van der Waals surface area contributed by atoms with Gasteiger partial charge in [-0.15, -0.1) is 0 Å². The third-order valence-electron chi connectivity index (χ3n) is 10.8. The molecule has 6 atom stereocenters. The van der Waals surface area contributed by atoms with E-state index < -0.39 is 82.1 Å². The number of hydrogen-bond donors (Lipinski definition) is 1. The molecule has 3 fully saturated rings. The van der Waals surface area contributed by atoms with Crippen LogP contribution in [0.1, 0.15) is 43.9 Å². The summed E-state index contributed by atoms with van der Waals surface area (Å²) in [6.45, 7) is 3.53. The number of hydrogen-bond acceptors (Lipinski definition) is 8. The molecule has 0 unspecified atom stereocenters. The number of nitrogens with zero attached hydrogens (tertiary/aromatic N) is 4. The van der Waals surface area contributed by atoms with Gasteiger partial charge in [-0.05, 0) is 69.0 Å². The van der Waals surface area contributed by atoms with Crippen LogP contribution >= 0.6 is 23.2 Å². The monoisotopic (exact) mass is 760 g/mol. The summed E-state index contributed by atoms with van der Waals surface area (Å²) in [6.07, 6.45) is -3.15. The van der Waals surface area contributed by atoms with Crippen LogP contribution in [-0.4, -0.2) is 52.4 Å². The van der Waals surface area contributed by atoms with Gasteiger partial charge in [-0.1, -0.05) is 47.0 Å². The SMILES string of the molecule is CCOc1cccc([C@H]2C3=CC[C@@H]4C(=O)N(N(C)c5nc(C(F)(F)F)ccc5Cl)C(=O)[C@@H]4[C@@H]3C[C@H]3C(=O)N(c4ccc(F)c(Cl)c4)C(=O)[C@@]23C)c1O. The maximum absolute atomic E-state index is 14.6. The summed E-state index contributed by atoms with van der Waals surface area (Å²) in [5.74, 6) is -9.12. The molecule has 7 rings (SSSR count). The Bertz CT molecular complexity index is 2100. The number of para-hydroxylation sites is 1. The highest BCUT2D eigenvalue weighted by Crippen LogP contribution is 2.65. The number of pyridine rings is 1. The number of ether oxygens (including phenoxy) is 1. The molecule has 52 heavy (non-hydrogen) atoms. The molecule has 2 aromatic carbocycles. The molecule has 3 heterocycles. The highest BCUT2D eigenvalue weighted by molar-refractivity contribution is 6.33. The van der Waals surface area contributed by atoms with Crippen LogP contribution in [0.15, 0.2) is 60.2 Å². The molecule has 2 saturated heterocycles. The highest BCUT2D eigenvalue weighted by Gasteiger charge is 2.68. The van der Waals surface area contributed by atoms with Gasteiger partial charge in [0.25, 0.3) is 11.8 Å². The maximum atomic E-state index is 14.6. The molecule has 0 spiro atoms. The van der Waals surface area contributed by atoms with E-state index in [9.17, 15) is 41.8 Å². The van der Waals surface area contributed by atoms with Gasteiger partial charge in [-0.2, -0.15) is 18.2 Å². The van der Waals surface area contributed by atoms with Crippen LogP contribution in [0, 0.1) is 34.9 Å². The Kier molecular flexibility index (Phi) is 8.56. The summed E-state index contributed by atoms with van der Waals surface area (Å²) in [4.78, 5) is 61.9. The number of phenols is 1. The summed E-state index contributed by atoms with van der Waals surface area (Å²) in [5.41, 5.74) is -2.02. The van der Waals surface area contributed by atoms with Gasteiger partial charge in [0.2, 0.25) is 11.8 Å². The number of fused-ring (bicyclic) bond motifs is 4. The molecule has 1 saturated carbocycles. The fourth-order valence-corrected chi connectivity index (χ4v) is 8.87. The molecule has 3 aromatic rings. The van der Waals surface area contributed by atoms with Crippen molar-refractivity contribution in [3.8, 4) is 11.5 Å². The lowest BCUT2D eigenvalue weighted by molar-refractivity contribution is -0.141. The van der Waals surface area contributed by atoms with Gasteiger partial charge in [-0.25, -0.2) is 14.3 Å². The van der Waals surface area contributed by atoms with E-state index in [2.05, 4.69) is 4.98 Å². The number of aromatic nitrogens is 1. The van der Waals surface area contributed by atoms with Crippen LogP contribution in [0.4, 0.5) is 29.1 Å². The maximum Gasteiger partial charge on any atom is 0.433 e. The van der Waals surface area contributed by atoms with Crippen molar-refractivity contribution >= 4 is 58.3 Å². The Morgan fingerprint density at radius 1 is 1.02 bits per heavy atom. The zero-order valence-electron chi connectivity index (χ0n) is 27.7. The van der Waals surface area contributed by atoms with Gasteiger partial charge in [0, 0.05) is 18.5 Å². The molecular formula is C36H30Cl2F4N4O6. The number of amides is 4. The topological polar surface area (TPSA) is 120 Å². The largest absolute Gasteiger partial charge is 0.504 e. The minimum Gasteiger partial charge on any atom is -0.504 e. The van der Waals surface area contributed by atoms with Crippen LogP contribution in [0.5, 0.6) is 11.5 Å². The molecule has 1 aromatic heterocycles. The summed E-state index contributed by atoms with van der Waals surface area (Å²) < 4.78 is 60.6. The molecule has 0 radical (unpaired) electrons. The van der Waals surface area contributed by atoms with Gasteiger partial charge in [-0.3, -0.25) is 24.2 Å².